The third-order valence-corrected chi connectivity index (χ3v) is 7.21. The minimum atomic E-state index is -1.45. The summed E-state index contributed by atoms with van der Waals surface area (Å²) in [6.07, 6.45) is 0. The zero-order valence-corrected chi connectivity index (χ0v) is 12.4. The van der Waals surface area contributed by atoms with Gasteiger partial charge in [-0.05, 0) is 19.1 Å². The summed E-state index contributed by atoms with van der Waals surface area (Å²) in [6, 6.07) is 9.06. The van der Waals surface area contributed by atoms with E-state index in [1.165, 1.54) is 23.6 Å². The number of carbonyl (C=O) groups is 2. The fourth-order valence-corrected chi connectivity index (χ4v) is 5.69. The molecular formula is C13H15NO3S2. The van der Waals surface area contributed by atoms with Crippen molar-refractivity contribution in [1.82, 2.24) is 0 Å². The lowest BCUT2D eigenvalue weighted by molar-refractivity contribution is -0.125. The van der Waals surface area contributed by atoms with E-state index in [1.807, 2.05) is 18.2 Å². The van der Waals surface area contributed by atoms with Gasteiger partial charge in [-0.15, -0.1) is 11.8 Å². The van der Waals surface area contributed by atoms with Crippen LogP contribution in [-0.4, -0.2) is 38.5 Å². The van der Waals surface area contributed by atoms with Gasteiger partial charge >= 0.3 is 0 Å². The third-order valence-electron chi connectivity index (χ3n) is 3.09. The van der Waals surface area contributed by atoms with Crippen LogP contribution in [0.4, 0.5) is 5.69 Å². The first-order valence-electron chi connectivity index (χ1n) is 5.87. The Morgan fingerprint density at radius 3 is 2.42 bits per heavy atom. The predicted octanol–water partition coefficient (Wildman–Crippen LogP) is 1.43. The Morgan fingerprint density at radius 1 is 1.32 bits per heavy atom. The molecule has 1 aromatic carbocycles. The van der Waals surface area contributed by atoms with E-state index in [2.05, 4.69) is 0 Å². The van der Waals surface area contributed by atoms with E-state index in [-0.39, 0.29) is 5.78 Å². The Hall–Kier alpha value is -1.14. The molecule has 0 bridgehead atoms. The fourth-order valence-electron chi connectivity index (χ4n) is 2.03. The van der Waals surface area contributed by atoms with E-state index in [0.29, 0.717) is 17.2 Å². The summed E-state index contributed by atoms with van der Waals surface area (Å²) < 4.78 is 10.7. The third kappa shape index (κ3) is 2.34. The van der Waals surface area contributed by atoms with E-state index < -0.39 is 20.8 Å². The molecule has 1 fully saturated rings. The quantitative estimate of drug-likeness (QED) is 0.792. The highest BCUT2D eigenvalue weighted by Gasteiger charge is 2.54. The van der Waals surface area contributed by atoms with Gasteiger partial charge in [0.25, 0.3) is 5.91 Å². The van der Waals surface area contributed by atoms with Gasteiger partial charge in [-0.2, -0.15) is 0 Å². The minimum absolute atomic E-state index is 0.332. The maximum Gasteiger partial charge on any atom is 0.263 e. The largest absolute Gasteiger partial charge is 0.313 e. The Labute approximate surface area is 119 Å². The van der Waals surface area contributed by atoms with Crippen LogP contribution < -0.4 is 4.90 Å². The highest BCUT2D eigenvalue weighted by atomic mass is 32.2. The average molecular weight is 297 g/mol. The van der Waals surface area contributed by atoms with E-state index in [0.717, 1.165) is 0 Å². The molecule has 1 aliphatic heterocycles. The maximum absolute atomic E-state index is 12.6. The van der Waals surface area contributed by atoms with Crippen molar-refractivity contribution in [2.24, 2.45) is 0 Å². The summed E-state index contributed by atoms with van der Waals surface area (Å²) in [4.78, 5) is 25.9. The summed E-state index contributed by atoms with van der Waals surface area (Å²) in [5.74, 6) is 0.229. The number of thioether (sulfide) groups is 1. The fraction of sp³-hybridized carbons (Fsp3) is 0.385. The topological polar surface area (TPSA) is 54.5 Å². The molecule has 1 aromatic rings. The normalized spacial score (nSPS) is 26.1. The van der Waals surface area contributed by atoms with E-state index in [1.54, 1.807) is 19.2 Å². The minimum Gasteiger partial charge on any atom is -0.313 e. The van der Waals surface area contributed by atoms with Crippen LogP contribution >= 0.6 is 11.8 Å². The number of nitrogens with zero attached hydrogens (tertiary/aromatic N) is 1. The number of ketones is 1. The summed E-state index contributed by atoms with van der Waals surface area (Å²) in [7, 11) is 0.158. The van der Waals surface area contributed by atoms with E-state index >= 15 is 0 Å². The molecule has 102 valence electrons. The lowest BCUT2D eigenvalue weighted by Crippen LogP contribution is -2.51. The number of carbonyl (C=O) groups excluding carboxylic acids is 2. The van der Waals surface area contributed by atoms with Crippen molar-refractivity contribution >= 4 is 39.9 Å². The molecule has 1 saturated heterocycles. The van der Waals surface area contributed by atoms with Gasteiger partial charge in [0.15, 0.2) is 5.78 Å². The second kappa shape index (κ2) is 5.46. The van der Waals surface area contributed by atoms with Crippen LogP contribution in [0, 0.1) is 0 Å². The van der Waals surface area contributed by atoms with Gasteiger partial charge in [-0.25, -0.2) is 0 Å². The zero-order valence-electron chi connectivity index (χ0n) is 10.8. The number of Topliss-reactive ketones (excluding diaryl/α,β-unsaturated/α-hetero) is 1. The molecule has 2 atom stereocenters. The summed E-state index contributed by atoms with van der Waals surface area (Å²) in [6.45, 7) is 1.34. The Kier molecular flexibility index (Phi) is 4.10. The summed E-state index contributed by atoms with van der Waals surface area (Å²) in [5.41, 5.74) is 0.692. The molecule has 0 N–H and O–H groups in total. The summed E-state index contributed by atoms with van der Waals surface area (Å²) in [5, 5.41) is 0. The number of hydrogen-bond donors (Lipinski definition) is 0. The van der Waals surface area contributed by atoms with Crippen molar-refractivity contribution < 1.29 is 13.8 Å². The molecule has 0 saturated carbocycles. The number of anilines is 1. The van der Waals surface area contributed by atoms with Crippen molar-refractivity contribution in [3.8, 4) is 0 Å². The molecule has 1 amide bonds. The van der Waals surface area contributed by atoms with Crippen molar-refractivity contribution in [3.05, 3.63) is 30.3 Å². The van der Waals surface area contributed by atoms with Gasteiger partial charge in [-0.3, -0.25) is 13.8 Å². The van der Waals surface area contributed by atoms with Crippen molar-refractivity contribution in [1.29, 1.82) is 0 Å². The highest BCUT2D eigenvalue weighted by Crippen LogP contribution is 2.39. The van der Waals surface area contributed by atoms with Crippen LogP contribution in [0.15, 0.2) is 30.3 Å². The molecule has 1 aliphatic rings. The SMILES string of the molecule is CC(=O)[C@@]1(C(=O)N(C)c2ccccc2)SCC[S@]1=O. The van der Waals surface area contributed by atoms with Crippen LogP contribution in [0.5, 0.6) is 0 Å². The van der Waals surface area contributed by atoms with Gasteiger partial charge in [-0.1, -0.05) is 18.2 Å². The number of para-hydroxylation sites is 1. The van der Waals surface area contributed by atoms with Crippen LogP contribution in [0.1, 0.15) is 6.92 Å². The van der Waals surface area contributed by atoms with Crippen molar-refractivity contribution in [3.63, 3.8) is 0 Å². The Balaban J connectivity index is 2.37. The molecule has 4 nitrogen and oxygen atoms in total. The first-order valence-corrected chi connectivity index (χ1v) is 8.17. The first kappa shape index (κ1) is 14.3. The van der Waals surface area contributed by atoms with Gasteiger partial charge in [0, 0.05) is 24.2 Å². The monoisotopic (exact) mass is 297 g/mol. The second-order valence-electron chi connectivity index (χ2n) is 4.27. The number of benzene rings is 1. The molecule has 0 spiro atoms. The molecule has 0 unspecified atom stereocenters. The van der Waals surface area contributed by atoms with Crippen LogP contribution in [0.2, 0.25) is 0 Å². The number of hydrogen-bond acceptors (Lipinski definition) is 4. The Bertz CT molecular complexity index is 532. The molecular weight excluding hydrogens is 282 g/mol. The molecule has 0 radical (unpaired) electrons. The standard InChI is InChI=1S/C13H15NO3S2/c1-10(15)13(18-8-9-19(13)17)12(16)14(2)11-6-4-3-5-7-11/h3-7H,8-9H2,1-2H3/t13-,19-/m1/s1. The predicted molar refractivity (Wildman–Crippen MR) is 78.7 cm³/mol. The average Bonchev–Trinajstić information content (AvgIpc) is 2.81. The lowest BCUT2D eigenvalue weighted by Gasteiger charge is -2.28. The molecule has 2 rings (SSSR count). The summed E-state index contributed by atoms with van der Waals surface area (Å²) >= 11 is 1.20. The van der Waals surface area contributed by atoms with Crippen molar-refractivity contribution in [2.75, 3.05) is 23.5 Å². The first-order chi connectivity index (χ1) is 9.00. The number of amides is 1. The molecule has 0 aliphatic carbocycles. The molecule has 19 heavy (non-hydrogen) atoms. The lowest BCUT2D eigenvalue weighted by atomic mass is 10.2. The highest BCUT2D eigenvalue weighted by molar-refractivity contribution is 8.17. The zero-order chi connectivity index (χ0) is 14.0. The van der Waals surface area contributed by atoms with Gasteiger partial charge in [0.05, 0.1) is 10.8 Å². The van der Waals surface area contributed by atoms with Gasteiger partial charge in [0.1, 0.15) is 0 Å². The van der Waals surface area contributed by atoms with E-state index in [4.69, 9.17) is 0 Å². The van der Waals surface area contributed by atoms with Gasteiger partial charge in [0.2, 0.25) is 4.08 Å². The number of rotatable bonds is 3. The van der Waals surface area contributed by atoms with Crippen LogP contribution in [-0.2, 0) is 20.4 Å². The van der Waals surface area contributed by atoms with Crippen LogP contribution in [0.25, 0.3) is 0 Å². The smallest absolute Gasteiger partial charge is 0.263 e. The second-order valence-corrected chi connectivity index (χ2v) is 7.55. The van der Waals surface area contributed by atoms with Crippen LogP contribution in [0.3, 0.4) is 0 Å². The van der Waals surface area contributed by atoms with Crippen molar-refractivity contribution in [2.45, 2.75) is 11.0 Å². The molecule has 1 heterocycles. The van der Waals surface area contributed by atoms with Gasteiger partial charge < -0.3 is 4.90 Å². The maximum atomic E-state index is 12.6. The molecule has 0 aromatic heterocycles. The van der Waals surface area contributed by atoms with E-state index in [9.17, 15) is 13.8 Å². The molecule has 6 heteroatoms. The Morgan fingerprint density at radius 2 is 1.95 bits per heavy atom.